The maximum Gasteiger partial charge on any atom is 0.511 e. The summed E-state index contributed by atoms with van der Waals surface area (Å²) in [4.78, 5) is 13.9. The van der Waals surface area contributed by atoms with E-state index in [2.05, 4.69) is 20.3 Å². The smallest absolute Gasteiger partial charge is 0.324 e. The lowest BCUT2D eigenvalue weighted by Crippen LogP contribution is -2.35. The van der Waals surface area contributed by atoms with E-state index < -0.39 is 22.1 Å². The normalized spacial score (nSPS) is 12.2. The highest BCUT2D eigenvalue weighted by molar-refractivity contribution is 7.90. The van der Waals surface area contributed by atoms with Crippen LogP contribution in [0.3, 0.4) is 0 Å². The molecule has 3 rings (SSSR count). The number of nitrogens with one attached hydrogen (secondary N) is 2. The molecule has 2 N–H and O–H groups in total. The van der Waals surface area contributed by atoms with Gasteiger partial charge in [0, 0.05) is 18.4 Å². The highest BCUT2D eigenvalue weighted by Gasteiger charge is 2.45. The Hall–Kier alpha value is -2.57. The predicted octanol–water partition coefficient (Wildman–Crippen LogP) is 3.90. The van der Waals surface area contributed by atoms with Crippen LogP contribution in [0, 0.1) is 13.8 Å². The van der Waals surface area contributed by atoms with Crippen molar-refractivity contribution in [3.63, 3.8) is 0 Å². The molecule has 0 bridgehead atoms. The summed E-state index contributed by atoms with van der Waals surface area (Å²) in [5.41, 5.74) is -2.96. The molecule has 0 unspecified atom stereocenters. The van der Waals surface area contributed by atoms with Crippen molar-refractivity contribution in [2.24, 2.45) is 0 Å². The van der Waals surface area contributed by atoms with E-state index in [0.717, 1.165) is 15.6 Å². The zero-order valence-corrected chi connectivity index (χ0v) is 16.9. The summed E-state index contributed by atoms with van der Waals surface area (Å²) < 4.78 is 61.1. The van der Waals surface area contributed by atoms with Crippen molar-refractivity contribution < 1.29 is 21.6 Å². The number of aryl methyl sites for hydroxylation is 2. The molecule has 0 aliphatic heterocycles. The third kappa shape index (κ3) is 5.08. The van der Waals surface area contributed by atoms with Gasteiger partial charge in [-0.05, 0) is 37.6 Å². The molecule has 29 heavy (non-hydrogen) atoms. The lowest BCUT2D eigenvalue weighted by molar-refractivity contribution is -0.0448. The topological polar surface area (TPSA) is 96.9 Å². The zero-order valence-electron chi connectivity index (χ0n) is 15.3. The monoisotopic (exact) mass is 443 g/mol. The molecule has 0 saturated carbocycles. The Kier molecular flexibility index (Phi) is 5.87. The first-order valence-corrected chi connectivity index (χ1v) is 10.5. The van der Waals surface area contributed by atoms with E-state index in [1.807, 2.05) is 13.8 Å². The van der Waals surface area contributed by atoms with Crippen LogP contribution in [0.15, 0.2) is 36.5 Å². The fourth-order valence-corrected chi connectivity index (χ4v) is 3.87. The van der Waals surface area contributed by atoms with Crippen molar-refractivity contribution in [2.45, 2.75) is 25.9 Å². The molecule has 3 aromatic rings. The molecule has 2 aromatic heterocycles. The van der Waals surface area contributed by atoms with Crippen molar-refractivity contribution in [3.05, 3.63) is 52.8 Å². The number of halogens is 3. The van der Waals surface area contributed by atoms with Gasteiger partial charge in [-0.25, -0.2) is 28.1 Å². The van der Waals surface area contributed by atoms with Crippen LogP contribution in [-0.2, 0) is 16.6 Å². The van der Waals surface area contributed by atoms with Gasteiger partial charge in [-0.1, -0.05) is 12.1 Å². The number of hydrogen-bond donors (Lipinski definition) is 2. The van der Waals surface area contributed by atoms with Gasteiger partial charge in [0.05, 0.1) is 21.3 Å². The standard InChI is InChI=1S/C17H16F3N5O2S2/c1-10-15(28-11(2)23-10)14-6-7-21-16(25-14)24-13-5-3-4-12(8-13)9-22-29(26,27)17(18,19)20/h3-8,22H,9H2,1-2H3,(H,21,24,25). The summed E-state index contributed by atoms with van der Waals surface area (Å²) in [5, 5.41) is 3.89. The van der Waals surface area contributed by atoms with Gasteiger partial charge in [0.1, 0.15) is 0 Å². The molecule has 1 aromatic carbocycles. The van der Waals surface area contributed by atoms with Crippen LogP contribution in [0.4, 0.5) is 24.8 Å². The molecule has 0 fully saturated rings. The second-order valence-corrected chi connectivity index (χ2v) is 8.97. The average Bonchev–Trinajstić information content (AvgIpc) is 2.98. The number of sulfonamides is 1. The van der Waals surface area contributed by atoms with Gasteiger partial charge in [0.25, 0.3) is 0 Å². The SMILES string of the molecule is Cc1nc(C)c(-c2ccnc(Nc3cccc(CNS(=O)(=O)C(F)(F)F)c3)n2)s1. The largest absolute Gasteiger partial charge is 0.511 e. The number of nitrogens with zero attached hydrogens (tertiary/aromatic N) is 3. The fourth-order valence-electron chi connectivity index (χ4n) is 2.46. The molecular weight excluding hydrogens is 427 g/mol. The number of thiazole rings is 1. The van der Waals surface area contributed by atoms with E-state index in [-0.39, 0.29) is 0 Å². The lowest BCUT2D eigenvalue weighted by Gasteiger charge is -2.11. The van der Waals surface area contributed by atoms with Crippen LogP contribution >= 0.6 is 11.3 Å². The van der Waals surface area contributed by atoms with Crippen molar-refractivity contribution >= 4 is 33.0 Å². The molecule has 0 atom stereocenters. The second kappa shape index (κ2) is 8.05. The fraction of sp³-hybridized carbons (Fsp3) is 0.235. The Labute approximate surface area is 169 Å². The van der Waals surface area contributed by atoms with E-state index in [1.165, 1.54) is 28.2 Å². The molecule has 2 heterocycles. The molecule has 0 amide bonds. The second-order valence-electron chi connectivity index (χ2n) is 6.01. The predicted molar refractivity (Wildman–Crippen MR) is 104 cm³/mol. The number of aromatic nitrogens is 3. The van der Waals surface area contributed by atoms with Crippen LogP contribution in [-0.4, -0.2) is 28.9 Å². The van der Waals surface area contributed by atoms with Gasteiger partial charge in [-0.15, -0.1) is 11.3 Å². The number of anilines is 2. The maximum absolute atomic E-state index is 12.4. The van der Waals surface area contributed by atoms with Gasteiger partial charge in [-0.2, -0.15) is 13.2 Å². The molecular formula is C17H16F3N5O2S2. The lowest BCUT2D eigenvalue weighted by atomic mass is 10.2. The molecule has 7 nitrogen and oxygen atoms in total. The summed E-state index contributed by atoms with van der Waals surface area (Å²) in [7, 11) is -5.41. The highest BCUT2D eigenvalue weighted by Crippen LogP contribution is 2.29. The van der Waals surface area contributed by atoms with E-state index in [0.29, 0.717) is 22.9 Å². The first kappa shape index (κ1) is 21.1. The molecule has 154 valence electrons. The Morgan fingerprint density at radius 3 is 2.55 bits per heavy atom. The van der Waals surface area contributed by atoms with Crippen molar-refractivity contribution in [1.82, 2.24) is 19.7 Å². The molecule has 0 spiro atoms. The third-order valence-corrected chi connectivity index (χ3v) is 5.98. The van der Waals surface area contributed by atoms with Crippen molar-refractivity contribution in [3.8, 4) is 10.6 Å². The number of alkyl halides is 3. The van der Waals surface area contributed by atoms with Gasteiger partial charge in [0.15, 0.2) is 0 Å². The van der Waals surface area contributed by atoms with Crippen LogP contribution in [0.2, 0.25) is 0 Å². The van der Waals surface area contributed by atoms with Crippen molar-refractivity contribution in [1.29, 1.82) is 0 Å². The Morgan fingerprint density at radius 1 is 1.14 bits per heavy atom. The van der Waals surface area contributed by atoms with Crippen LogP contribution in [0.25, 0.3) is 10.6 Å². The Balaban J connectivity index is 1.76. The van der Waals surface area contributed by atoms with Crippen molar-refractivity contribution in [2.75, 3.05) is 5.32 Å². The first-order chi connectivity index (χ1) is 13.5. The molecule has 0 aliphatic rings. The van der Waals surface area contributed by atoms with Crippen LogP contribution in [0.5, 0.6) is 0 Å². The quantitative estimate of drug-likeness (QED) is 0.600. The summed E-state index contributed by atoms with van der Waals surface area (Å²) >= 11 is 1.51. The van der Waals surface area contributed by atoms with E-state index in [1.54, 1.807) is 24.4 Å². The molecule has 0 radical (unpaired) electrons. The minimum Gasteiger partial charge on any atom is -0.324 e. The summed E-state index contributed by atoms with van der Waals surface area (Å²) in [6, 6.07) is 8.02. The minimum atomic E-state index is -5.41. The van der Waals surface area contributed by atoms with Gasteiger partial charge in [-0.3, -0.25) is 0 Å². The first-order valence-electron chi connectivity index (χ1n) is 8.24. The summed E-state index contributed by atoms with van der Waals surface area (Å²) in [5.74, 6) is 0.293. The Bertz CT molecular complexity index is 1130. The van der Waals surface area contributed by atoms with Gasteiger partial charge < -0.3 is 5.32 Å². The average molecular weight is 443 g/mol. The number of benzene rings is 1. The highest BCUT2D eigenvalue weighted by atomic mass is 32.2. The number of rotatable bonds is 6. The van der Waals surface area contributed by atoms with Crippen LogP contribution < -0.4 is 10.0 Å². The van der Waals surface area contributed by atoms with Gasteiger partial charge in [0.2, 0.25) is 5.95 Å². The summed E-state index contributed by atoms with van der Waals surface area (Å²) in [6.07, 6.45) is 1.58. The molecule has 0 aliphatic carbocycles. The van der Waals surface area contributed by atoms with Crippen LogP contribution in [0.1, 0.15) is 16.3 Å². The zero-order chi connectivity index (χ0) is 21.2. The summed E-state index contributed by atoms with van der Waals surface area (Å²) in [6.45, 7) is 3.29. The minimum absolute atomic E-state index is 0.293. The Morgan fingerprint density at radius 2 is 1.90 bits per heavy atom. The van der Waals surface area contributed by atoms with Gasteiger partial charge >= 0.3 is 15.5 Å². The van der Waals surface area contributed by atoms with E-state index in [4.69, 9.17) is 0 Å². The molecule has 0 saturated heterocycles. The maximum atomic E-state index is 12.4. The molecule has 12 heteroatoms. The third-order valence-electron chi connectivity index (χ3n) is 3.75. The van der Waals surface area contributed by atoms with E-state index in [9.17, 15) is 21.6 Å². The number of hydrogen-bond acceptors (Lipinski definition) is 7. The van der Waals surface area contributed by atoms with E-state index >= 15 is 0 Å².